The molecule has 2 fully saturated rings. The SMILES string of the molecule is O=C(C1CCCCCC1)N1CCCC(O)C1. The van der Waals surface area contributed by atoms with Crippen molar-refractivity contribution in [1.29, 1.82) is 0 Å². The lowest BCUT2D eigenvalue weighted by Crippen LogP contribution is -2.44. The summed E-state index contributed by atoms with van der Waals surface area (Å²) in [5.74, 6) is 0.549. The van der Waals surface area contributed by atoms with Crippen molar-refractivity contribution in [2.24, 2.45) is 5.92 Å². The van der Waals surface area contributed by atoms with Crippen LogP contribution in [0.1, 0.15) is 51.4 Å². The maximum absolute atomic E-state index is 12.3. The number of hydrogen-bond donors (Lipinski definition) is 1. The van der Waals surface area contributed by atoms with Gasteiger partial charge in [0.2, 0.25) is 5.91 Å². The van der Waals surface area contributed by atoms with Crippen LogP contribution < -0.4 is 0 Å². The molecule has 0 spiro atoms. The Morgan fingerprint density at radius 1 is 1.00 bits per heavy atom. The highest BCUT2D eigenvalue weighted by Gasteiger charge is 2.28. The summed E-state index contributed by atoms with van der Waals surface area (Å²) in [7, 11) is 0. The third-order valence-corrected chi connectivity index (χ3v) is 3.91. The minimum Gasteiger partial charge on any atom is -0.391 e. The third-order valence-electron chi connectivity index (χ3n) is 3.91. The van der Waals surface area contributed by atoms with Gasteiger partial charge in [0.05, 0.1) is 6.10 Å². The minimum absolute atomic E-state index is 0.243. The average molecular weight is 225 g/mol. The molecule has 1 saturated carbocycles. The van der Waals surface area contributed by atoms with Crippen molar-refractivity contribution >= 4 is 5.91 Å². The van der Waals surface area contributed by atoms with Crippen LogP contribution in [-0.4, -0.2) is 35.1 Å². The zero-order chi connectivity index (χ0) is 11.4. The van der Waals surface area contributed by atoms with E-state index in [0.717, 1.165) is 32.2 Å². The van der Waals surface area contributed by atoms with Gasteiger partial charge in [-0.15, -0.1) is 0 Å². The molecule has 3 heteroatoms. The molecule has 2 aliphatic rings. The Morgan fingerprint density at radius 2 is 1.69 bits per heavy atom. The van der Waals surface area contributed by atoms with E-state index in [9.17, 15) is 9.90 Å². The van der Waals surface area contributed by atoms with Gasteiger partial charge in [0.25, 0.3) is 0 Å². The van der Waals surface area contributed by atoms with E-state index in [4.69, 9.17) is 0 Å². The molecule has 3 nitrogen and oxygen atoms in total. The number of rotatable bonds is 1. The summed E-state index contributed by atoms with van der Waals surface area (Å²) in [6, 6.07) is 0. The Balaban J connectivity index is 1.89. The second kappa shape index (κ2) is 5.67. The molecule has 0 radical (unpaired) electrons. The van der Waals surface area contributed by atoms with E-state index in [0.29, 0.717) is 12.5 Å². The first-order chi connectivity index (χ1) is 7.77. The molecule has 1 saturated heterocycles. The van der Waals surface area contributed by atoms with Gasteiger partial charge in [-0.3, -0.25) is 4.79 Å². The van der Waals surface area contributed by atoms with Crippen molar-refractivity contribution in [2.75, 3.05) is 13.1 Å². The second-order valence-corrected chi connectivity index (χ2v) is 5.27. The Kier molecular flexibility index (Phi) is 4.22. The molecule has 1 heterocycles. The number of likely N-dealkylation sites (tertiary alicyclic amines) is 1. The van der Waals surface area contributed by atoms with Gasteiger partial charge >= 0.3 is 0 Å². The van der Waals surface area contributed by atoms with Crippen LogP contribution >= 0.6 is 0 Å². The van der Waals surface area contributed by atoms with E-state index in [-0.39, 0.29) is 12.0 Å². The quantitative estimate of drug-likeness (QED) is 0.693. The number of amides is 1. The number of aliphatic hydroxyl groups is 1. The number of hydrogen-bond acceptors (Lipinski definition) is 2. The minimum atomic E-state index is -0.288. The van der Waals surface area contributed by atoms with Crippen molar-refractivity contribution in [3.63, 3.8) is 0 Å². The van der Waals surface area contributed by atoms with Gasteiger partial charge in [-0.05, 0) is 25.7 Å². The van der Waals surface area contributed by atoms with E-state index < -0.39 is 0 Å². The van der Waals surface area contributed by atoms with Crippen LogP contribution in [0.3, 0.4) is 0 Å². The highest BCUT2D eigenvalue weighted by molar-refractivity contribution is 5.79. The summed E-state index contributed by atoms with van der Waals surface area (Å²) in [5, 5.41) is 9.59. The summed E-state index contributed by atoms with van der Waals surface area (Å²) in [6.07, 6.45) is 8.62. The van der Waals surface area contributed by atoms with E-state index in [2.05, 4.69) is 0 Å². The van der Waals surface area contributed by atoms with E-state index in [1.54, 1.807) is 0 Å². The third kappa shape index (κ3) is 2.97. The van der Waals surface area contributed by atoms with Gasteiger partial charge in [-0.1, -0.05) is 25.7 Å². The number of nitrogens with zero attached hydrogens (tertiary/aromatic N) is 1. The second-order valence-electron chi connectivity index (χ2n) is 5.27. The molecule has 0 aromatic heterocycles. The molecule has 1 aliphatic heterocycles. The molecule has 0 aromatic rings. The van der Waals surface area contributed by atoms with Crippen molar-refractivity contribution in [3.8, 4) is 0 Å². The molecule has 0 aromatic carbocycles. The van der Waals surface area contributed by atoms with E-state index in [1.165, 1.54) is 25.7 Å². The van der Waals surface area contributed by atoms with Gasteiger partial charge in [-0.2, -0.15) is 0 Å². The van der Waals surface area contributed by atoms with Crippen LogP contribution in [-0.2, 0) is 4.79 Å². The maximum atomic E-state index is 12.3. The van der Waals surface area contributed by atoms with E-state index >= 15 is 0 Å². The molecule has 0 bridgehead atoms. The Labute approximate surface area is 97.8 Å². The number of aliphatic hydroxyl groups excluding tert-OH is 1. The molecular formula is C13H23NO2. The Hall–Kier alpha value is -0.570. The van der Waals surface area contributed by atoms with Crippen LogP contribution in [0.15, 0.2) is 0 Å². The van der Waals surface area contributed by atoms with Gasteiger partial charge in [0.15, 0.2) is 0 Å². The maximum Gasteiger partial charge on any atom is 0.225 e. The number of β-amino-alcohol motifs (C(OH)–C–C–N with tert-alkyl or cyclic N) is 1. The summed E-state index contributed by atoms with van der Waals surface area (Å²) in [5.41, 5.74) is 0. The lowest BCUT2D eigenvalue weighted by atomic mass is 9.97. The highest BCUT2D eigenvalue weighted by atomic mass is 16.3. The monoisotopic (exact) mass is 225 g/mol. The fourth-order valence-corrected chi connectivity index (χ4v) is 2.94. The molecule has 1 amide bonds. The van der Waals surface area contributed by atoms with Gasteiger partial charge < -0.3 is 10.0 Å². The van der Waals surface area contributed by atoms with Gasteiger partial charge in [0, 0.05) is 19.0 Å². The summed E-state index contributed by atoms with van der Waals surface area (Å²) < 4.78 is 0. The fraction of sp³-hybridized carbons (Fsp3) is 0.923. The number of carbonyl (C=O) groups is 1. The highest BCUT2D eigenvalue weighted by Crippen LogP contribution is 2.25. The number of carbonyl (C=O) groups excluding carboxylic acids is 1. The Bertz CT molecular complexity index is 230. The van der Waals surface area contributed by atoms with E-state index in [1.807, 2.05) is 4.90 Å². The smallest absolute Gasteiger partial charge is 0.225 e. The molecule has 1 unspecified atom stereocenters. The summed E-state index contributed by atoms with van der Waals surface area (Å²) in [6.45, 7) is 1.42. The first-order valence-corrected chi connectivity index (χ1v) is 6.74. The summed E-state index contributed by atoms with van der Waals surface area (Å²) >= 11 is 0. The van der Waals surface area contributed by atoms with Crippen LogP contribution in [0.25, 0.3) is 0 Å². The molecule has 1 N–H and O–H groups in total. The normalized spacial score (nSPS) is 28.8. The van der Waals surface area contributed by atoms with Crippen LogP contribution in [0, 0.1) is 5.92 Å². The zero-order valence-electron chi connectivity index (χ0n) is 10.0. The molecule has 16 heavy (non-hydrogen) atoms. The van der Waals surface area contributed by atoms with Gasteiger partial charge in [0.1, 0.15) is 0 Å². The molecule has 92 valence electrons. The fourth-order valence-electron chi connectivity index (χ4n) is 2.94. The van der Waals surface area contributed by atoms with Crippen molar-refractivity contribution in [2.45, 2.75) is 57.5 Å². The predicted octanol–water partition coefficient (Wildman–Crippen LogP) is 1.94. The van der Waals surface area contributed by atoms with Crippen molar-refractivity contribution in [1.82, 2.24) is 4.90 Å². The largest absolute Gasteiger partial charge is 0.391 e. The first-order valence-electron chi connectivity index (χ1n) is 6.74. The standard InChI is InChI=1S/C13H23NO2/c15-12-8-5-9-14(10-12)13(16)11-6-3-1-2-4-7-11/h11-12,15H,1-10H2. The van der Waals surface area contributed by atoms with Crippen molar-refractivity contribution < 1.29 is 9.90 Å². The number of piperidine rings is 1. The van der Waals surface area contributed by atoms with Crippen molar-refractivity contribution in [3.05, 3.63) is 0 Å². The molecule has 2 rings (SSSR count). The predicted molar refractivity (Wildman–Crippen MR) is 63.0 cm³/mol. The Morgan fingerprint density at radius 3 is 2.31 bits per heavy atom. The lowest BCUT2D eigenvalue weighted by Gasteiger charge is -2.32. The summed E-state index contributed by atoms with van der Waals surface area (Å²) in [4.78, 5) is 14.2. The topological polar surface area (TPSA) is 40.5 Å². The lowest BCUT2D eigenvalue weighted by molar-refractivity contribution is -0.139. The zero-order valence-corrected chi connectivity index (χ0v) is 10.0. The van der Waals surface area contributed by atoms with Crippen LogP contribution in [0.5, 0.6) is 0 Å². The van der Waals surface area contributed by atoms with Gasteiger partial charge in [-0.25, -0.2) is 0 Å². The van der Waals surface area contributed by atoms with Crippen LogP contribution in [0.2, 0.25) is 0 Å². The average Bonchev–Trinajstić information content (AvgIpc) is 2.56. The molecule has 1 aliphatic carbocycles. The first kappa shape index (κ1) is 11.9. The molecular weight excluding hydrogens is 202 g/mol. The van der Waals surface area contributed by atoms with Crippen LogP contribution in [0.4, 0.5) is 0 Å². The molecule has 1 atom stereocenters.